The van der Waals surface area contributed by atoms with Gasteiger partial charge < -0.3 is 9.47 Å². The quantitative estimate of drug-likeness (QED) is 0.674. The average molecular weight is 381 g/mol. The topological polar surface area (TPSA) is 35.5 Å². The van der Waals surface area contributed by atoms with Crippen LogP contribution in [0, 0.1) is 19.8 Å². The number of aryl methyl sites for hydroxylation is 3. The van der Waals surface area contributed by atoms with E-state index in [-0.39, 0.29) is 23.2 Å². The minimum absolute atomic E-state index is 0.0399. The molecule has 3 heteroatoms. The highest BCUT2D eigenvalue weighted by Gasteiger charge is 2.53. The van der Waals surface area contributed by atoms with Crippen LogP contribution in [0.15, 0.2) is 18.2 Å². The van der Waals surface area contributed by atoms with Gasteiger partial charge in [0.1, 0.15) is 11.4 Å². The molecule has 0 aromatic heterocycles. The van der Waals surface area contributed by atoms with Gasteiger partial charge in [0, 0.05) is 12.3 Å². The van der Waals surface area contributed by atoms with E-state index in [1.165, 1.54) is 27.5 Å². The Balaban J connectivity index is 1.96. The van der Waals surface area contributed by atoms with Crippen LogP contribution in [0.4, 0.5) is 0 Å². The molecule has 0 N–H and O–H groups in total. The van der Waals surface area contributed by atoms with Crippen molar-refractivity contribution in [3.63, 3.8) is 0 Å². The molecule has 0 radical (unpaired) electrons. The van der Waals surface area contributed by atoms with Crippen molar-refractivity contribution in [3.8, 4) is 5.75 Å². The van der Waals surface area contributed by atoms with Crippen molar-refractivity contribution in [1.29, 1.82) is 0 Å². The molecule has 1 heterocycles. The molecule has 0 spiro atoms. The summed E-state index contributed by atoms with van der Waals surface area (Å²) >= 11 is 0. The monoisotopic (exact) mass is 380 g/mol. The highest BCUT2D eigenvalue weighted by molar-refractivity contribution is 5.97. The molecule has 0 amide bonds. The van der Waals surface area contributed by atoms with Crippen LogP contribution in [-0.2, 0) is 16.0 Å². The van der Waals surface area contributed by atoms with Crippen LogP contribution in [-0.4, -0.2) is 24.1 Å². The molecule has 150 valence electrons. The molecule has 4 rings (SSSR count). The van der Waals surface area contributed by atoms with Gasteiger partial charge in [-0.2, -0.15) is 0 Å². The summed E-state index contributed by atoms with van der Waals surface area (Å²) in [7, 11) is 1.72. The maximum Gasteiger partial charge on any atom is 0.165 e. The summed E-state index contributed by atoms with van der Waals surface area (Å²) in [6.07, 6.45) is 2.48. The molecule has 2 aromatic rings. The second-order valence-electron chi connectivity index (χ2n) is 9.51. The minimum Gasteiger partial charge on any atom is -0.496 e. The van der Waals surface area contributed by atoms with Crippen LogP contribution in [0.5, 0.6) is 5.75 Å². The Kier molecular flexibility index (Phi) is 4.39. The lowest BCUT2D eigenvalue weighted by molar-refractivity contribution is -0.200. The third kappa shape index (κ3) is 2.62. The van der Waals surface area contributed by atoms with Crippen molar-refractivity contribution >= 4 is 16.6 Å². The van der Waals surface area contributed by atoms with Crippen molar-refractivity contribution in [2.24, 2.45) is 5.92 Å². The van der Waals surface area contributed by atoms with Crippen LogP contribution in [0.1, 0.15) is 68.7 Å². The average Bonchev–Trinajstić information content (AvgIpc) is 2.64. The first-order valence-corrected chi connectivity index (χ1v) is 10.4. The summed E-state index contributed by atoms with van der Waals surface area (Å²) < 4.78 is 12.3. The molecule has 28 heavy (non-hydrogen) atoms. The second-order valence-corrected chi connectivity index (χ2v) is 9.51. The standard InChI is InChI=1S/C25H32O3/c1-14-8-9-18-16(3)21(27-7)13-19-20(11-10-17(14)23(18)19)25(6)22(26)12-15(2)24(4,5)28-25/h8-9,13,15,20H,10-12H2,1-7H3/t15-,20-,25-/m0/s1. The molecular weight excluding hydrogens is 348 g/mol. The van der Waals surface area contributed by atoms with Gasteiger partial charge in [-0.05, 0) is 92.5 Å². The molecule has 1 aliphatic heterocycles. The third-order valence-corrected chi connectivity index (χ3v) is 7.55. The number of hydrogen-bond donors (Lipinski definition) is 0. The van der Waals surface area contributed by atoms with E-state index in [9.17, 15) is 4.79 Å². The van der Waals surface area contributed by atoms with E-state index >= 15 is 0 Å². The highest BCUT2D eigenvalue weighted by Crippen LogP contribution is 2.51. The van der Waals surface area contributed by atoms with Crippen molar-refractivity contribution in [1.82, 2.24) is 0 Å². The van der Waals surface area contributed by atoms with Gasteiger partial charge >= 0.3 is 0 Å². The van der Waals surface area contributed by atoms with Crippen molar-refractivity contribution in [2.75, 3.05) is 7.11 Å². The largest absolute Gasteiger partial charge is 0.496 e. The van der Waals surface area contributed by atoms with Gasteiger partial charge in [0.15, 0.2) is 5.78 Å². The van der Waals surface area contributed by atoms with Crippen LogP contribution >= 0.6 is 0 Å². The lowest BCUT2D eigenvalue weighted by Crippen LogP contribution is -2.57. The van der Waals surface area contributed by atoms with Crippen LogP contribution in [0.25, 0.3) is 10.8 Å². The summed E-state index contributed by atoms with van der Waals surface area (Å²) in [6, 6.07) is 6.58. The SMILES string of the molecule is COc1cc2c3c(c(C)ccc3c1C)CC[C@@H]2[C@]1(C)OC(C)(C)[C@@H](C)CC1=O. The number of carbonyl (C=O) groups is 1. The third-order valence-electron chi connectivity index (χ3n) is 7.55. The van der Waals surface area contributed by atoms with Gasteiger partial charge in [0.05, 0.1) is 12.7 Å². The minimum atomic E-state index is -0.801. The normalized spacial score (nSPS) is 29.2. The van der Waals surface area contributed by atoms with Gasteiger partial charge in [0.25, 0.3) is 0 Å². The lowest BCUT2D eigenvalue weighted by Gasteiger charge is -2.50. The maximum atomic E-state index is 13.3. The molecule has 2 aliphatic rings. The molecule has 1 aliphatic carbocycles. The number of methoxy groups -OCH3 is 1. The first-order valence-electron chi connectivity index (χ1n) is 10.4. The molecule has 1 fully saturated rings. The Bertz CT molecular complexity index is 972. The zero-order chi connectivity index (χ0) is 20.4. The van der Waals surface area contributed by atoms with E-state index < -0.39 is 5.60 Å². The molecule has 3 nitrogen and oxygen atoms in total. The predicted molar refractivity (Wildman–Crippen MR) is 113 cm³/mol. The van der Waals surface area contributed by atoms with Gasteiger partial charge in [-0.25, -0.2) is 0 Å². The lowest BCUT2D eigenvalue weighted by atomic mass is 9.67. The van der Waals surface area contributed by atoms with Crippen LogP contribution < -0.4 is 4.74 Å². The van der Waals surface area contributed by atoms with Gasteiger partial charge in [0.2, 0.25) is 0 Å². The van der Waals surface area contributed by atoms with Crippen LogP contribution in [0.3, 0.4) is 0 Å². The Hall–Kier alpha value is -1.87. The second kappa shape index (κ2) is 6.32. The van der Waals surface area contributed by atoms with Crippen molar-refractivity contribution in [2.45, 2.75) is 77.9 Å². The Labute approximate surface area is 168 Å². The Morgan fingerprint density at radius 1 is 1.18 bits per heavy atom. The van der Waals surface area contributed by atoms with Gasteiger partial charge in [-0.1, -0.05) is 19.1 Å². The van der Waals surface area contributed by atoms with E-state index in [2.05, 4.69) is 52.8 Å². The zero-order valence-electron chi connectivity index (χ0n) is 18.2. The van der Waals surface area contributed by atoms with E-state index in [0.717, 1.165) is 24.2 Å². The number of benzene rings is 2. The Morgan fingerprint density at radius 2 is 1.89 bits per heavy atom. The molecule has 0 bridgehead atoms. The van der Waals surface area contributed by atoms with Crippen molar-refractivity contribution < 1.29 is 14.3 Å². The Morgan fingerprint density at radius 3 is 2.57 bits per heavy atom. The number of hydrogen-bond acceptors (Lipinski definition) is 3. The number of carbonyl (C=O) groups excluding carboxylic acids is 1. The number of Topliss-reactive ketones (excluding diaryl/α,β-unsaturated/α-hetero) is 1. The first-order chi connectivity index (χ1) is 13.1. The van der Waals surface area contributed by atoms with E-state index in [1.54, 1.807) is 7.11 Å². The number of rotatable bonds is 2. The number of ketones is 1. The summed E-state index contributed by atoms with van der Waals surface area (Å²) in [6.45, 7) is 12.7. The summed E-state index contributed by atoms with van der Waals surface area (Å²) in [4.78, 5) is 13.3. The summed E-state index contributed by atoms with van der Waals surface area (Å²) in [5.74, 6) is 1.38. The summed E-state index contributed by atoms with van der Waals surface area (Å²) in [5.41, 5.74) is 4.00. The summed E-state index contributed by atoms with van der Waals surface area (Å²) in [5, 5.41) is 2.54. The first kappa shape index (κ1) is 19.4. The van der Waals surface area contributed by atoms with E-state index in [4.69, 9.17) is 9.47 Å². The fourth-order valence-corrected chi connectivity index (χ4v) is 5.37. The fourth-order valence-electron chi connectivity index (χ4n) is 5.37. The molecule has 2 aromatic carbocycles. The predicted octanol–water partition coefficient (Wildman–Crippen LogP) is 5.66. The van der Waals surface area contributed by atoms with Crippen LogP contribution in [0.2, 0.25) is 0 Å². The smallest absolute Gasteiger partial charge is 0.165 e. The maximum absolute atomic E-state index is 13.3. The molecule has 3 atom stereocenters. The van der Waals surface area contributed by atoms with Gasteiger partial charge in [-0.3, -0.25) is 4.79 Å². The number of ether oxygens (including phenoxy) is 2. The molecule has 0 saturated carbocycles. The zero-order valence-corrected chi connectivity index (χ0v) is 18.2. The molecule has 1 saturated heterocycles. The van der Waals surface area contributed by atoms with Crippen molar-refractivity contribution in [3.05, 3.63) is 40.5 Å². The highest BCUT2D eigenvalue weighted by atomic mass is 16.5. The fraction of sp³-hybridized carbons (Fsp3) is 0.560. The van der Waals surface area contributed by atoms with E-state index in [0.29, 0.717) is 6.42 Å². The molecular formula is C25H32O3. The molecule has 0 unspecified atom stereocenters. The van der Waals surface area contributed by atoms with E-state index in [1.807, 2.05) is 6.92 Å². The van der Waals surface area contributed by atoms with Gasteiger partial charge in [-0.15, -0.1) is 0 Å².